The van der Waals surface area contributed by atoms with Crippen molar-refractivity contribution in [3.05, 3.63) is 22.4 Å². The van der Waals surface area contributed by atoms with Crippen molar-refractivity contribution in [2.75, 3.05) is 23.4 Å². The molecule has 9 heteroatoms. The Bertz CT molecular complexity index is 746. The molecule has 0 aliphatic heterocycles. The van der Waals surface area contributed by atoms with Crippen LogP contribution in [0.4, 0.5) is 5.82 Å². The van der Waals surface area contributed by atoms with Gasteiger partial charge in [-0.1, -0.05) is 6.92 Å². The van der Waals surface area contributed by atoms with E-state index in [1.807, 2.05) is 0 Å². The summed E-state index contributed by atoms with van der Waals surface area (Å²) >= 11 is 0. The van der Waals surface area contributed by atoms with Gasteiger partial charge in [0.2, 0.25) is 0 Å². The maximum absolute atomic E-state index is 11.4. The number of aromatic nitrogens is 4. The van der Waals surface area contributed by atoms with Crippen molar-refractivity contribution in [2.45, 2.75) is 13.8 Å². The lowest BCUT2D eigenvalue weighted by Gasteiger charge is -2.07. The van der Waals surface area contributed by atoms with Gasteiger partial charge in [0.1, 0.15) is 11.6 Å². The molecule has 19 heavy (non-hydrogen) atoms. The fourth-order valence-corrected chi connectivity index (χ4v) is 2.37. The zero-order valence-corrected chi connectivity index (χ0v) is 11.5. The van der Waals surface area contributed by atoms with E-state index in [4.69, 9.17) is 0 Å². The van der Waals surface area contributed by atoms with Gasteiger partial charge in [-0.05, 0) is 6.92 Å². The smallest absolute Gasteiger partial charge is 0.349 e. The summed E-state index contributed by atoms with van der Waals surface area (Å²) in [5.74, 6) is 1.14. The zero-order valence-electron chi connectivity index (χ0n) is 10.7. The van der Waals surface area contributed by atoms with Crippen LogP contribution < -0.4 is 11.0 Å². The van der Waals surface area contributed by atoms with Crippen molar-refractivity contribution in [2.24, 2.45) is 0 Å². The number of hydrogen-bond acceptors (Lipinski definition) is 6. The van der Waals surface area contributed by atoms with E-state index < -0.39 is 9.84 Å². The molecular weight excluding hydrogens is 270 g/mol. The fraction of sp³-hybridized carbons (Fsp3) is 0.500. The van der Waals surface area contributed by atoms with Gasteiger partial charge in [-0.25, -0.2) is 27.7 Å². The Morgan fingerprint density at radius 1 is 1.47 bits per heavy atom. The maximum Gasteiger partial charge on any atom is 0.349 e. The van der Waals surface area contributed by atoms with Crippen LogP contribution in [-0.4, -0.2) is 46.1 Å². The Kier molecular flexibility index (Phi) is 3.56. The molecule has 0 unspecified atom stereocenters. The average Bonchev–Trinajstić information content (AvgIpc) is 2.71. The molecular formula is C10H15N5O3S. The van der Waals surface area contributed by atoms with E-state index in [0.29, 0.717) is 17.3 Å². The summed E-state index contributed by atoms with van der Waals surface area (Å²) in [4.78, 5) is 15.6. The van der Waals surface area contributed by atoms with E-state index in [2.05, 4.69) is 20.5 Å². The normalized spacial score (nSPS) is 11.9. The molecule has 2 heterocycles. The van der Waals surface area contributed by atoms with Gasteiger partial charge in [0.15, 0.2) is 15.5 Å². The van der Waals surface area contributed by atoms with Crippen molar-refractivity contribution in [3.8, 4) is 0 Å². The summed E-state index contributed by atoms with van der Waals surface area (Å²) < 4.78 is 24.0. The highest BCUT2D eigenvalue weighted by Crippen LogP contribution is 2.07. The van der Waals surface area contributed by atoms with Crippen LogP contribution >= 0.6 is 0 Å². The first-order valence-electron chi connectivity index (χ1n) is 5.82. The number of aromatic amines is 1. The minimum absolute atomic E-state index is 0.0444. The molecule has 0 saturated heterocycles. The topological polar surface area (TPSA) is 109 Å². The molecule has 0 fully saturated rings. The molecule has 0 atom stereocenters. The van der Waals surface area contributed by atoms with Crippen LogP contribution in [0, 0.1) is 6.92 Å². The number of fused-ring (bicyclic) bond motifs is 1. The quantitative estimate of drug-likeness (QED) is 0.771. The molecule has 8 nitrogen and oxygen atoms in total. The third kappa shape index (κ3) is 2.92. The summed E-state index contributed by atoms with van der Waals surface area (Å²) in [6.07, 6.45) is 0. The third-order valence-corrected chi connectivity index (χ3v) is 4.43. The Balaban J connectivity index is 2.16. The Morgan fingerprint density at radius 2 is 2.21 bits per heavy atom. The van der Waals surface area contributed by atoms with Gasteiger partial charge in [0.25, 0.3) is 0 Å². The lowest BCUT2D eigenvalue weighted by atomic mass is 10.5. The predicted molar refractivity (Wildman–Crippen MR) is 71.2 cm³/mol. The van der Waals surface area contributed by atoms with Gasteiger partial charge in [0, 0.05) is 18.4 Å². The summed E-state index contributed by atoms with van der Waals surface area (Å²) in [6.45, 7) is 3.56. The summed E-state index contributed by atoms with van der Waals surface area (Å²) in [5, 5.41) is 9.09. The van der Waals surface area contributed by atoms with Crippen LogP contribution in [0.25, 0.3) is 5.65 Å². The highest BCUT2D eigenvalue weighted by Gasteiger charge is 2.09. The Hall–Kier alpha value is -1.90. The minimum Gasteiger partial charge on any atom is -0.369 e. The van der Waals surface area contributed by atoms with Crippen LogP contribution in [0.15, 0.2) is 10.9 Å². The van der Waals surface area contributed by atoms with Crippen LogP contribution in [0.3, 0.4) is 0 Å². The maximum atomic E-state index is 11.4. The van der Waals surface area contributed by atoms with Gasteiger partial charge >= 0.3 is 5.69 Å². The largest absolute Gasteiger partial charge is 0.369 e. The molecule has 0 amide bonds. The number of rotatable bonds is 5. The summed E-state index contributed by atoms with van der Waals surface area (Å²) in [7, 11) is -3.01. The summed E-state index contributed by atoms with van der Waals surface area (Å²) in [5.41, 5.74) is 0.0958. The van der Waals surface area contributed by atoms with Crippen LogP contribution in [0.5, 0.6) is 0 Å². The zero-order chi connectivity index (χ0) is 14.0. The monoisotopic (exact) mass is 285 g/mol. The number of anilines is 1. The first kappa shape index (κ1) is 13.5. The molecule has 0 radical (unpaired) electrons. The van der Waals surface area contributed by atoms with Crippen molar-refractivity contribution in [1.29, 1.82) is 0 Å². The number of hydrogen-bond donors (Lipinski definition) is 2. The highest BCUT2D eigenvalue weighted by molar-refractivity contribution is 7.91. The van der Waals surface area contributed by atoms with Crippen LogP contribution in [0.1, 0.15) is 12.7 Å². The lowest BCUT2D eigenvalue weighted by molar-refractivity contribution is 0.597. The van der Waals surface area contributed by atoms with Gasteiger partial charge in [-0.2, -0.15) is 5.10 Å². The van der Waals surface area contributed by atoms with E-state index in [9.17, 15) is 13.2 Å². The summed E-state index contributed by atoms with van der Waals surface area (Å²) in [6, 6.07) is 1.59. The van der Waals surface area contributed by atoms with E-state index >= 15 is 0 Å². The standard InChI is InChI=1S/C10H15N5O3S/c1-3-19(17,18)5-4-11-8-6-9-13-14-10(16)15(9)7(2)12-8/h6,11H,3-5H2,1-2H3,(H,14,16). The van der Waals surface area contributed by atoms with E-state index in [1.54, 1.807) is 19.9 Å². The molecule has 0 saturated carbocycles. The van der Waals surface area contributed by atoms with E-state index in [0.717, 1.165) is 0 Å². The third-order valence-electron chi connectivity index (χ3n) is 2.73. The highest BCUT2D eigenvalue weighted by atomic mass is 32.2. The van der Waals surface area contributed by atoms with E-state index in [-0.39, 0.29) is 23.7 Å². The fourth-order valence-electron chi connectivity index (χ4n) is 1.67. The molecule has 2 N–H and O–H groups in total. The Morgan fingerprint density at radius 3 is 2.89 bits per heavy atom. The molecule has 0 aliphatic carbocycles. The van der Waals surface area contributed by atoms with Gasteiger partial charge in [0.05, 0.1) is 5.75 Å². The number of nitrogens with one attached hydrogen (secondary N) is 2. The lowest BCUT2D eigenvalue weighted by Crippen LogP contribution is -2.19. The number of sulfone groups is 1. The SMILES string of the molecule is CCS(=O)(=O)CCNc1cc2n[nH]c(=O)n2c(C)n1. The molecule has 0 bridgehead atoms. The number of aryl methyl sites for hydroxylation is 1. The van der Waals surface area contributed by atoms with E-state index in [1.165, 1.54) is 4.40 Å². The number of nitrogens with zero attached hydrogens (tertiary/aromatic N) is 3. The second-order valence-corrected chi connectivity index (χ2v) is 6.55. The average molecular weight is 285 g/mol. The van der Waals surface area contributed by atoms with Crippen LogP contribution in [-0.2, 0) is 9.84 Å². The first-order chi connectivity index (χ1) is 8.93. The molecule has 104 valence electrons. The molecule has 2 aromatic heterocycles. The van der Waals surface area contributed by atoms with Crippen molar-refractivity contribution in [3.63, 3.8) is 0 Å². The minimum atomic E-state index is -3.01. The number of H-pyrrole nitrogens is 1. The first-order valence-corrected chi connectivity index (χ1v) is 7.64. The molecule has 0 aliphatic rings. The van der Waals surface area contributed by atoms with Crippen molar-refractivity contribution < 1.29 is 8.42 Å². The second-order valence-electron chi connectivity index (χ2n) is 4.07. The van der Waals surface area contributed by atoms with Crippen molar-refractivity contribution in [1.82, 2.24) is 19.6 Å². The molecule has 2 aromatic rings. The van der Waals surface area contributed by atoms with Gasteiger partial charge in [-0.3, -0.25) is 0 Å². The predicted octanol–water partition coefficient (Wildman–Crippen LogP) is -0.427. The molecule has 2 rings (SSSR count). The van der Waals surface area contributed by atoms with Gasteiger partial charge in [-0.15, -0.1) is 0 Å². The molecule has 0 spiro atoms. The van der Waals surface area contributed by atoms with Gasteiger partial charge < -0.3 is 5.32 Å². The Labute approximate surface area is 109 Å². The second kappa shape index (κ2) is 5.00. The van der Waals surface area contributed by atoms with Crippen LogP contribution in [0.2, 0.25) is 0 Å². The van der Waals surface area contributed by atoms with Crippen molar-refractivity contribution >= 4 is 21.3 Å². The molecule has 0 aromatic carbocycles.